The summed E-state index contributed by atoms with van der Waals surface area (Å²) in [6, 6.07) is 0. The Morgan fingerprint density at radius 2 is 2.13 bits per heavy atom. The van der Waals surface area contributed by atoms with Gasteiger partial charge in [-0.2, -0.15) is 0 Å². The van der Waals surface area contributed by atoms with E-state index in [9.17, 15) is 4.79 Å². The van der Waals surface area contributed by atoms with Crippen LogP contribution in [-0.4, -0.2) is 12.1 Å². The zero-order valence-corrected chi connectivity index (χ0v) is 15.0. The van der Waals surface area contributed by atoms with Crippen LogP contribution >= 0.6 is 0 Å². The van der Waals surface area contributed by atoms with Gasteiger partial charge < -0.3 is 4.74 Å². The van der Waals surface area contributed by atoms with E-state index in [2.05, 4.69) is 51.8 Å². The van der Waals surface area contributed by atoms with Gasteiger partial charge in [0.1, 0.15) is 0 Å². The monoisotopic (exact) mass is 312 g/mol. The second-order valence-electron chi connectivity index (χ2n) is 7.61. The molecule has 0 aromatic rings. The molecule has 0 spiro atoms. The predicted molar refractivity (Wildman–Crippen MR) is 94.6 cm³/mol. The van der Waals surface area contributed by atoms with Crippen molar-refractivity contribution in [3.63, 3.8) is 0 Å². The van der Waals surface area contributed by atoms with Crippen LogP contribution in [0.25, 0.3) is 0 Å². The van der Waals surface area contributed by atoms with E-state index in [1.54, 1.807) is 0 Å². The van der Waals surface area contributed by atoms with Gasteiger partial charge in [-0.15, -0.1) is 6.42 Å². The van der Waals surface area contributed by atoms with E-state index < -0.39 is 6.10 Å². The minimum atomic E-state index is -0.562. The van der Waals surface area contributed by atoms with Crippen LogP contribution in [0.4, 0.5) is 0 Å². The van der Waals surface area contributed by atoms with Gasteiger partial charge >= 0.3 is 5.97 Å². The summed E-state index contributed by atoms with van der Waals surface area (Å²) in [6.07, 6.45) is 14.9. The SMILES string of the molecule is C#CC(OC(=O)C1C(C=C(C)C)C1(C)C)C(C)=CC1=CCCC1. The molecule has 0 aliphatic heterocycles. The lowest BCUT2D eigenvalue weighted by molar-refractivity contribution is -0.147. The molecule has 1 saturated carbocycles. The number of hydrogen-bond acceptors (Lipinski definition) is 2. The van der Waals surface area contributed by atoms with Crippen molar-refractivity contribution < 1.29 is 9.53 Å². The molecule has 2 rings (SSSR count). The fraction of sp³-hybridized carbons (Fsp3) is 0.571. The fourth-order valence-electron chi connectivity index (χ4n) is 3.44. The number of carbonyl (C=O) groups excluding carboxylic acids is 1. The van der Waals surface area contributed by atoms with E-state index in [4.69, 9.17) is 11.2 Å². The highest BCUT2D eigenvalue weighted by Crippen LogP contribution is 2.60. The van der Waals surface area contributed by atoms with Crippen molar-refractivity contribution >= 4 is 5.97 Å². The molecule has 0 radical (unpaired) electrons. The van der Waals surface area contributed by atoms with E-state index in [1.165, 1.54) is 17.6 Å². The normalized spacial score (nSPS) is 26.8. The average molecular weight is 312 g/mol. The number of carbonyl (C=O) groups is 1. The van der Waals surface area contributed by atoms with E-state index in [0.717, 1.165) is 18.4 Å². The fourth-order valence-corrected chi connectivity index (χ4v) is 3.44. The van der Waals surface area contributed by atoms with Crippen molar-refractivity contribution in [1.29, 1.82) is 0 Å². The molecule has 2 aliphatic carbocycles. The topological polar surface area (TPSA) is 26.3 Å². The van der Waals surface area contributed by atoms with Crippen LogP contribution in [0.2, 0.25) is 0 Å². The van der Waals surface area contributed by atoms with Crippen molar-refractivity contribution in [2.45, 2.75) is 60.0 Å². The van der Waals surface area contributed by atoms with Crippen LogP contribution in [0, 0.1) is 29.6 Å². The minimum absolute atomic E-state index is 0.0426. The predicted octanol–water partition coefficient (Wildman–Crippen LogP) is 4.83. The smallest absolute Gasteiger partial charge is 0.311 e. The van der Waals surface area contributed by atoms with Gasteiger partial charge in [0.25, 0.3) is 0 Å². The molecule has 0 N–H and O–H groups in total. The molecule has 0 heterocycles. The third kappa shape index (κ3) is 3.96. The van der Waals surface area contributed by atoms with E-state index in [1.807, 2.05) is 6.92 Å². The Kier molecular flexibility index (Phi) is 5.19. The van der Waals surface area contributed by atoms with E-state index in [-0.39, 0.29) is 23.2 Å². The molecular weight excluding hydrogens is 284 g/mol. The summed E-state index contributed by atoms with van der Waals surface area (Å²) in [5, 5.41) is 0. The van der Waals surface area contributed by atoms with Gasteiger partial charge in [0, 0.05) is 0 Å². The van der Waals surface area contributed by atoms with Crippen molar-refractivity contribution in [2.75, 3.05) is 0 Å². The van der Waals surface area contributed by atoms with Crippen molar-refractivity contribution in [2.24, 2.45) is 17.3 Å². The van der Waals surface area contributed by atoms with Crippen LogP contribution in [0.5, 0.6) is 0 Å². The first-order valence-corrected chi connectivity index (χ1v) is 8.46. The molecule has 0 bridgehead atoms. The lowest BCUT2D eigenvalue weighted by Gasteiger charge is -2.14. The standard InChI is InChI=1S/C21H28O2/c1-7-18(15(4)13-16-10-8-9-11-16)23-20(22)19-17(12-14(2)3)21(19,5)6/h1,10,12-13,17-19H,8-9,11H2,2-6H3. The lowest BCUT2D eigenvalue weighted by Crippen LogP contribution is -2.20. The van der Waals surface area contributed by atoms with E-state index >= 15 is 0 Å². The molecule has 2 heteroatoms. The Bertz CT molecular complexity index is 606. The van der Waals surface area contributed by atoms with Crippen molar-refractivity contribution in [1.82, 2.24) is 0 Å². The third-order valence-corrected chi connectivity index (χ3v) is 4.97. The quantitative estimate of drug-likeness (QED) is 0.413. The molecule has 0 amide bonds. The van der Waals surface area contributed by atoms with Crippen LogP contribution in [-0.2, 0) is 9.53 Å². The van der Waals surface area contributed by atoms with Gasteiger partial charge in [-0.1, -0.05) is 49.1 Å². The van der Waals surface area contributed by atoms with Gasteiger partial charge in [-0.25, -0.2) is 0 Å². The Morgan fingerprint density at radius 1 is 1.43 bits per heavy atom. The highest BCUT2D eigenvalue weighted by atomic mass is 16.5. The third-order valence-electron chi connectivity index (χ3n) is 4.97. The highest BCUT2D eigenvalue weighted by molar-refractivity contribution is 5.79. The number of allylic oxidation sites excluding steroid dienone is 5. The first-order chi connectivity index (χ1) is 10.8. The first-order valence-electron chi connectivity index (χ1n) is 8.46. The summed E-state index contributed by atoms with van der Waals surface area (Å²) < 4.78 is 5.64. The lowest BCUT2D eigenvalue weighted by atomic mass is 10.1. The molecule has 124 valence electrons. The van der Waals surface area contributed by atoms with E-state index in [0.29, 0.717) is 0 Å². The Hall–Kier alpha value is -1.75. The first kappa shape index (κ1) is 17.6. The number of ether oxygens (including phenoxy) is 1. The molecule has 2 nitrogen and oxygen atoms in total. The Balaban J connectivity index is 2.04. The van der Waals surface area contributed by atoms with Crippen molar-refractivity contribution in [3.8, 4) is 12.3 Å². The average Bonchev–Trinajstić information content (AvgIpc) is 2.81. The van der Waals surface area contributed by atoms with Gasteiger partial charge in [-0.05, 0) is 56.9 Å². The summed E-state index contributed by atoms with van der Waals surface area (Å²) >= 11 is 0. The van der Waals surface area contributed by atoms with Crippen molar-refractivity contribution in [3.05, 3.63) is 34.9 Å². The van der Waals surface area contributed by atoms with Crippen LogP contribution in [0.15, 0.2) is 34.9 Å². The van der Waals surface area contributed by atoms with Gasteiger partial charge in [0.15, 0.2) is 6.10 Å². The number of terminal acetylenes is 1. The van der Waals surface area contributed by atoms with Gasteiger partial charge in [-0.3, -0.25) is 4.79 Å². The zero-order valence-electron chi connectivity index (χ0n) is 15.0. The Morgan fingerprint density at radius 3 is 2.65 bits per heavy atom. The number of hydrogen-bond donors (Lipinski definition) is 0. The van der Waals surface area contributed by atoms with Gasteiger partial charge in [0.05, 0.1) is 5.92 Å². The highest BCUT2D eigenvalue weighted by Gasteiger charge is 2.61. The summed E-state index contributed by atoms with van der Waals surface area (Å²) in [5.74, 6) is 2.60. The summed E-state index contributed by atoms with van der Waals surface area (Å²) in [4.78, 5) is 12.5. The maximum absolute atomic E-state index is 12.5. The maximum atomic E-state index is 12.5. The molecule has 2 aliphatic rings. The maximum Gasteiger partial charge on any atom is 0.311 e. The molecule has 0 aromatic carbocycles. The van der Waals surface area contributed by atoms with Crippen LogP contribution in [0.1, 0.15) is 53.9 Å². The van der Waals surface area contributed by atoms with Gasteiger partial charge in [0.2, 0.25) is 0 Å². The molecule has 0 saturated heterocycles. The summed E-state index contributed by atoms with van der Waals surface area (Å²) in [7, 11) is 0. The largest absolute Gasteiger partial charge is 0.444 e. The molecular formula is C21H28O2. The second-order valence-corrected chi connectivity index (χ2v) is 7.61. The van der Waals surface area contributed by atoms with Crippen LogP contribution < -0.4 is 0 Å². The second kappa shape index (κ2) is 6.79. The minimum Gasteiger partial charge on any atom is -0.444 e. The number of rotatable bonds is 5. The molecule has 23 heavy (non-hydrogen) atoms. The molecule has 3 atom stereocenters. The molecule has 1 fully saturated rings. The summed E-state index contributed by atoms with van der Waals surface area (Å²) in [5.41, 5.74) is 3.43. The zero-order chi connectivity index (χ0) is 17.2. The van der Waals surface area contributed by atoms with Crippen LogP contribution in [0.3, 0.4) is 0 Å². The molecule has 0 aromatic heterocycles. The molecule has 3 unspecified atom stereocenters. The Labute approximate surface area is 140 Å². The number of esters is 1. The summed E-state index contributed by atoms with van der Waals surface area (Å²) in [6.45, 7) is 10.3.